The molecule has 8 N–H and O–H groups in total. The number of hydrogen-bond donors (Lipinski definition) is 5. The zero-order chi connectivity index (χ0) is 39.0. The van der Waals surface area contributed by atoms with Gasteiger partial charge in [-0.3, -0.25) is 5.32 Å². The second-order valence-electron chi connectivity index (χ2n) is 15.2. The van der Waals surface area contributed by atoms with Crippen LogP contribution in [0.5, 0.6) is 0 Å². The van der Waals surface area contributed by atoms with E-state index in [1.807, 2.05) is 19.9 Å². The Morgan fingerprint density at radius 3 is 1.95 bits per heavy atom. The first-order valence-corrected chi connectivity index (χ1v) is 20.1. The van der Waals surface area contributed by atoms with Crippen LogP contribution in [0.25, 0.3) is 27.8 Å². The van der Waals surface area contributed by atoms with Crippen LogP contribution >= 0.6 is 0 Å². The number of nitrogens with one attached hydrogen (secondary N) is 2. The first kappa shape index (κ1) is 38.3. The van der Waals surface area contributed by atoms with Crippen LogP contribution in [0.4, 0.5) is 34.1 Å². The molecule has 7 rings (SSSR count). The second kappa shape index (κ2) is 17.6. The van der Waals surface area contributed by atoms with Crippen molar-refractivity contribution in [1.29, 1.82) is 0 Å². The van der Waals surface area contributed by atoms with Crippen molar-refractivity contribution in [3.05, 3.63) is 137 Å². The van der Waals surface area contributed by atoms with Crippen molar-refractivity contribution in [3.8, 4) is 5.69 Å². The minimum Gasteiger partial charge on any atom is -0.399 e. The molecule has 5 aromatic carbocycles. The molecule has 0 atom stereocenters. The third-order valence-electron chi connectivity index (χ3n) is 10.8. The number of aromatic nitrogens is 2. The third kappa shape index (κ3) is 9.09. The maximum Gasteiger partial charge on any atom is 0.239 e. The van der Waals surface area contributed by atoms with Gasteiger partial charge in [-0.15, -0.1) is 4.57 Å². The number of rotatable bonds is 15. The topological polar surface area (TPSA) is 122 Å². The summed E-state index contributed by atoms with van der Waals surface area (Å²) in [6, 6.07) is 34.0. The van der Waals surface area contributed by atoms with E-state index >= 15 is 0 Å². The number of aryl methyl sites for hydroxylation is 3. The summed E-state index contributed by atoms with van der Waals surface area (Å²) in [4.78, 5) is 10.2. The Morgan fingerprint density at radius 1 is 0.679 bits per heavy atom. The normalized spacial score (nSPS) is 13.6. The van der Waals surface area contributed by atoms with Crippen molar-refractivity contribution < 1.29 is 9.88 Å². The molecular weight excluding hydrogens is 689 g/mol. The number of fused-ring (bicyclic) bond motifs is 2. The SMILES string of the molecule is CC1=CC(=Nc2cc(C)c(NCCCCCCCCNc3cc4c(cc3C)nc3cc(C)c(N)cc3[n+]4-c3ccccc3)cc2[NH2+]c2ccccc2)CC=C1N. The standard InChI is InChI=1S/C48H54N8/c1-32-25-37(21-22-39(32)49)54-43-27-34(3)41(30-44(43)53-36-17-11-9-12-18-36)51-23-15-7-5-6-8-16-24-52-42-31-48-46(28-35(42)4)55-45-26-33(2)40(50)29-47(45)56(48)38-19-13-10-14-20-38/h9-14,17-20,22,25-31,51,53H,5-8,15-16,21,23-24,49H2,1-4H3,(H2,50,52)/p+2. The smallest absolute Gasteiger partial charge is 0.239 e. The molecule has 56 heavy (non-hydrogen) atoms. The lowest BCUT2D eigenvalue weighted by Crippen LogP contribution is -2.71. The highest BCUT2D eigenvalue weighted by atomic mass is 15.0. The molecule has 1 aromatic heterocycles. The van der Waals surface area contributed by atoms with Crippen molar-refractivity contribution in [2.45, 2.75) is 72.6 Å². The summed E-state index contributed by atoms with van der Waals surface area (Å²) in [5, 5.41) is 9.69. The molecule has 1 aliphatic rings. The number of hydrogen-bond acceptors (Lipinski definition) is 6. The van der Waals surface area contributed by atoms with E-state index in [0.717, 1.165) is 111 Å². The number of anilines is 3. The molecule has 0 spiro atoms. The first-order chi connectivity index (χ1) is 27.2. The fourth-order valence-corrected chi connectivity index (χ4v) is 7.47. The van der Waals surface area contributed by atoms with Gasteiger partial charge in [0.2, 0.25) is 16.7 Å². The number of benzene rings is 5. The molecule has 6 aromatic rings. The molecule has 8 heteroatoms. The summed E-state index contributed by atoms with van der Waals surface area (Å²) >= 11 is 0. The average molecular weight is 745 g/mol. The average Bonchev–Trinajstić information content (AvgIpc) is 3.19. The number of quaternary nitrogens is 1. The van der Waals surface area contributed by atoms with E-state index in [9.17, 15) is 0 Å². The highest BCUT2D eigenvalue weighted by Crippen LogP contribution is 2.31. The van der Waals surface area contributed by atoms with E-state index in [-0.39, 0.29) is 0 Å². The zero-order valence-electron chi connectivity index (χ0n) is 33.3. The predicted molar refractivity (Wildman–Crippen MR) is 236 cm³/mol. The Balaban J connectivity index is 0.911. The molecule has 0 bridgehead atoms. The van der Waals surface area contributed by atoms with Gasteiger partial charge in [0.05, 0.1) is 0 Å². The minimum absolute atomic E-state index is 0.745. The van der Waals surface area contributed by atoms with Gasteiger partial charge >= 0.3 is 0 Å². The molecule has 0 radical (unpaired) electrons. The zero-order valence-corrected chi connectivity index (χ0v) is 33.3. The van der Waals surface area contributed by atoms with Gasteiger partial charge < -0.3 is 22.1 Å². The number of aliphatic imine (C=N–C) groups is 1. The van der Waals surface area contributed by atoms with Crippen LogP contribution in [-0.4, -0.2) is 23.8 Å². The van der Waals surface area contributed by atoms with Crippen molar-refractivity contribution >= 4 is 61.9 Å². The van der Waals surface area contributed by atoms with Crippen molar-refractivity contribution in [1.82, 2.24) is 4.98 Å². The van der Waals surface area contributed by atoms with E-state index in [2.05, 4.69) is 138 Å². The maximum absolute atomic E-state index is 6.40. The second-order valence-corrected chi connectivity index (χ2v) is 15.2. The van der Waals surface area contributed by atoms with Crippen LogP contribution in [0.2, 0.25) is 0 Å². The summed E-state index contributed by atoms with van der Waals surface area (Å²) in [7, 11) is 0. The van der Waals surface area contributed by atoms with Gasteiger partial charge in [-0.1, -0.05) is 68.2 Å². The van der Waals surface area contributed by atoms with Crippen LogP contribution in [0.3, 0.4) is 0 Å². The number of allylic oxidation sites excluding steroid dienone is 3. The van der Waals surface area contributed by atoms with E-state index in [0.29, 0.717) is 0 Å². The molecule has 0 amide bonds. The van der Waals surface area contributed by atoms with E-state index in [4.69, 9.17) is 21.4 Å². The van der Waals surface area contributed by atoms with Gasteiger partial charge in [0.1, 0.15) is 22.4 Å². The van der Waals surface area contributed by atoms with Crippen molar-refractivity contribution in [2.75, 3.05) is 29.5 Å². The number of nitrogens with zero attached hydrogens (tertiary/aromatic N) is 3. The molecule has 1 aliphatic carbocycles. The summed E-state index contributed by atoms with van der Waals surface area (Å²) in [5.74, 6) is 0. The molecule has 0 saturated heterocycles. The predicted octanol–water partition coefficient (Wildman–Crippen LogP) is 9.83. The Kier molecular flexibility index (Phi) is 12.1. The Hall–Kier alpha value is -5.99. The molecule has 0 saturated carbocycles. The van der Waals surface area contributed by atoms with E-state index in [1.54, 1.807) is 0 Å². The van der Waals surface area contributed by atoms with Gasteiger partial charge in [0.15, 0.2) is 5.69 Å². The van der Waals surface area contributed by atoms with Gasteiger partial charge in [0.25, 0.3) is 0 Å². The summed E-state index contributed by atoms with van der Waals surface area (Å²) in [5.41, 5.74) is 30.3. The van der Waals surface area contributed by atoms with Crippen LogP contribution in [0.15, 0.2) is 125 Å². The highest BCUT2D eigenvalue weighted by molar-refractivity contribution is 6.00. The minimum atomic E-state index is 0.745. The van der Waals surface area contributed by atoms with Gasteiger partial charge in [-0.25, -0.2) is 9.98 Å². The number of nitrogens with two attached hydrogens (primary N) is 3. The van der Waals surface area contributed by atoms with Gasteiger partial charge in [-0.2, -0.15) is 0 Å². The number of unbranched alkanes of at least 4 members (excludes halogenated alkanes) is 5. The summed E-state index contributed by atoms with van der Waals surface area (Å²) in [6.07, 6.45) is 12.1. The fourth-order valence-electron chi connectivity index (χ4n) is 7.47. The lowest BCUT2D eigenvalue weighted by Gasteiger charge is -2.14. The molecule has 8 nitrogen and oxygen atoms in total. The van der Waals surface area contributed by atoms with Gasteiger partial charge in [0, 0.05) is 78.3 Å². The third-order valence-corrected chi connectivity index (χ3v) is 10.8. The Morgan fingerprint density at radius 2 is 1.27 bits per heavy atom. The van der Waals surface area contributed by atoms with Crippen LogP contribution < -0.4 is 32.0 Å². The lowest BCUT2D eigenvalue weighted by molar-refractivity contribution is -0.538. The fraction of sp³-hybridized carbons (Fsp3) is 0.271. The van der Waals surface area contributed by atoms with Crippen LogP contribution in [0, 0.1) is 20.8 Å². The monoisotopic (exact) mass is 744 g/mol. The molecule has 286 valence electrons. The number of para-hydroxylation sites is 2. The van der Waals surface area contributed by atoms with E-state index in [1.165, 1.54) is 42.5 Å². The van der Waals surface area contributed by atoms with Crippen LogP contribution in [0.1, 0.15) is 68.6 Å². The Labute approximate surface area is 331 Å². The van der Waals surface area contributed by atoms with E-state index < -0.39 is 0 Å². The molecule has 0 fully saturated rings. The summed E-state index contributed by atoms with van der Waals surface area (Å²) < 4.78 is 2.28. The van der Waals surface area contributed by atoms with Crippen molar-refractivity contribution in [3.63, 3.8) is 0 Å². The van der Waals surface area contributed by atoms with Gasteiger partial charge in [-0.05, 0) is 99.2 Å². The maximum atomic E-state index is 6.40. The highest BCUT2D eigenvalue weighted by Gasteiger charge is 2.22. The lowest BCUT2D eigenvalue weighted by atomic mass is 10.0. The molecule has 0 unspecified atom stereocenters. The van der Waals surface area contributed by atoms with Crippen LogP contribution in [-0.2, 0) is 0 Å². The number of nitrogen functional groups attached to an aromatic ring is 1. The summed E-state index contributed by atoms with van der Waals surface area (Å²) in [6.45, 7) is 10.3. The molecule has 1 heterocycles. The molecule has 0 aliphatic heterocycles. The van der Waals surface area contributed by atoms with Crippen molar-refractivity contribution in [2.24, 2.45) is 10.7 Å². The Bertz CT molecular complexity index is 2430. The molecular formula is C48H56N8+2. The quantitative estimate of drug-likeness (QED) is 0.0310. The first-order valence-electron chi connectivity index (χ1n) is 20.1. The largest absolute Gasteiger partial charge is 0.399 e.